The maximum absolute atomic E-state index is 7.53. The van der Waals surface area contributed by atoms with Crippen LogP contribution in [-0.4, -0.2) is 42.0 Å². The molecule has 3 N–H and O–H groups in total. The largest absolute Gasteiger partial charge is 0.383 e. The molecule has 0 aliphatic carbocycles. The summed E-state index contributed by atoms with van der Waals surface area (Å²) in [5, 5.41) is 8.58. The van der Waals surface area contributed by atoms with Gasteiger partial charge in [-0.25, -0.2) is 4.98 Å². The minimum Gasteiger partial charge on any atom is -0.383 e. The maximum atomic E-state index is 7.53. The molecule has 0 saturated carbocycles. The van der Waals surface area contributed by atoms with Gasteiger partial charge in [-0.05, 0) is 6.42 Å². The highest BCUT2D eigenvalue weighted by atomic mass is 32.1. The van der Waals surface area contributed by atoms with Gasteiger partial charge >= 0.3 is 0 Å². The number of ether oxygens (including phenoxy) is 1. The zero-order valence-electron chi connectivity index (χ0n) is 10.0. The molecule has 5 nitrogen and oxygen atoms in total. The lowest BCUT2D eigenvalue weighted by molar-refractivity contribution is 0.0341. The van der Waals surface area contributed by atoms with Gasteiger partial charge in [0.2, 0.25) is 0 Å². The fourth-order valence-corrected chi connectivity index (χ4v) is 2.93. The van der Waals surface area contributed by atoms with Gasteiger partial charge in [0.1, 0.15) is 10.8 Å². The Hall–Kier alpha value is -0.980. The van der Waals surface area contributed by atoms with Crippen LogP contribution in [0.3, 0.4) is 0 Å². The van der Waals surface area contributed by atoms with Crippen molar-refractivity contribution in [2.24, 2.45) is 5.73 Å². The minimum absolute atomic E-state index is 0.132. The van der Waals surface area contributed by atoms with Crippen molar-refractivity contribution < 1.29 is 4.74 Å². The molecule has 0 unspecified atom stereocenters. The SMILES string of the molecule is CCc1nc(CN2CCOCC2)sc1C(=N)N. The number of aromatic nitrogens is 1. The minimum atomic E-state index is 0.132. The second kappa shape index (κ2) is 5.57. The fourth-order valence-electron chi connectivity index (χ4n) is 1.87. The predicted molar refractivity (Wildman–Crippen MR) is 68.6 cm³/mol. The van der Waals surface area contributed by atoms with Crippen LogP contribution in [0.5, 0.6) is 0 Å². The van der Waals surface area contributed by atoms with E-state index >= 15 is 0 Å². The molecule has 0 bridgehead atoms. The first-order valence-electron chi connectivity index (χ1n) is 5.83. The van der Waals surface area contributed by atoms with E-state index in [1.165, 1.54) is 0 Å². The van der Waals surface area contributed by atoms with Gasteiger partial charge in [-0.2, -0.15) is 0 Å². The fraction of sp³-hybridized carbons (Fsp3) is 0.636. The van der Waals surface area contributed by atoms with Crippen LogP contribution in [-0.2, 0) is 17.7 Å². The van der Waals surface area contributed by atoms with Crippen molar-refractivity contribution in [2.45, 2.75) is 19.9 Å². The van der Waals surface area contributed by atoms with Crippen molar-refractivity contribution in [1.29, 1.82) is 5.41 Å². The van der Waals surface area contributed by atoms with E-state index in [9.17, 15) is 0 Å². The van der Waals surface area contributed by atoms with Gasteiger partial charge in [0.05, 0.1) is 30.3 Å². The normalized spacial score (nSPS) is 17.2. The van der Waals surface area contributed by atoms with Gasteiger partial charge in [0, 0.05) is 13.1 Å². The van der Waals surface area contributed by atoms with E-state index in [1.54, 1.807) is 11.3 Å². The molecule has 1 fully saturated rings. The van der Waals surface area contributed by atoms with Crippen LogP contribution in [0, 0.1) is 5.41 Å². The Morgan fingerprint density at radius 2 is 2.24 bits per heavy atom. The molecule has 1 saturated heterocycles. The van der Waals surface area contributed by atoms with Crippen LogP contribution in [0.2, 0.25) is 0 Å². The van der Waals surface area contributed by atoms with E-state index in [2.05, 4.69) is 9.88 Å². The third kappa shape index (κ3) is 3.02. The van der Waals surface area contributed by atoms with Crippen LogP contribution in [0.15, 0.2) is 0 Å². The Kier molecular flexibility index (Phi) is 4.09. The number of thiazole rings is 1. The summed E-state index contributed by atoms with van der Waals surface area (Å²) in [6.45, 7) is 6.39. The Labute approximate surface area is 105 Å². The van der Waals surface area contributed by atoms with Gasteiger partial charge in [-0.1, -0.05) is 6.92 Å². The monoisotopic (exact) mass is 254 g/mol. The van der Waals surface area contributed by atoms with E-state index in [4.69, 9.17) is 15.9 Å². The molecule has 2 heterocycles. The van der Waals surface area contributed by atoms with Crippen molar-refractivity contribution in [1.82, 2.24) is 9.88 Å². The number of hydrogen-bond donors (Lipinski definition) is 2. The highest BCUT2D eigenvalue weighted by Crippen LogP contribution is 2.20. The maximum Gasteiger partial charge on any atom is 0.135 e. The van der Waals surface area contributed by atoms with E-state index < -0.39 is 0 Å². The average Bonchev–Trinajstić information content (AvgIpc) is 2.73. The number of nitrogen functional groups attached to an aromatic ring is 1. The molecule has 1 aromatic rings. The molecule has 0 radical (unpaired) electrons. The first-order valence-corrected chi connectivity index (χ1v) is 6.65. The van der Waals surface area contributed by atoms with Gasteiger partial charge in [-0.3, -0.25) is 10.3 Å². The van der Waals surface area contributed by atoms with Crippen LogP contribution < -0.4 is 5.73 Å². The third-order valence-corrected chi connectivity index (χ3v) is 3.90. The Morgan fingerprint density at radius 1 is 1.53 bits per heavy atom. The molecule has 17 heavy (non-hydrogen) atoms. The first kappa shape index (κ1) is 12.5. The third-order valence-electron chi connectivity index (χ3n) is 2.78. The number of nitrogens with zero attached hydrogens (tertiary/aromatic N) is 2. The zero-order valence-corrected chi connectivity index (χ0v) is 10.8. The number of nitrogens with two attached hydrogens (primary N) is 1. The number of nitrogens with one attached hydrogen (secondary N) is 1. The van der Waals surface area contributed by atoms with Gasteiger partial charge in [-0.15, -0.1) is 11.3 Å². The summed E-state index contributed by atoms with van der Waals surface area (Å²) < 4.78 is 5.31. The van der Waals surface area contributed by atoms with E-state index in [0.29, 0.717) is 0 Å². The summed E-state index contributed by atoms with van der Waals surface area (Å²) in [6.07, 6.45) is 0.828. The van der Waals surface area contributed by atoms with Crippen molar-refractivity contribution in [3.63, 3.8) is 0 Å². The molecule has 0 spiro atoms. The molecule has 2 rings (SSSR count). The average molecular weight is 254 g/mol. The zero-order chi connectivity index (χ0) is 12.3. The van der Waals surface area contributed by atoms with E-state index in [1.807, 2.05) is 6.92 Å². The van der Waals surface area contributed by atoms with Gasteiger partial charge in [0.25, 0.3) is 0 Å². The quantitative estimate of drug-likeness (QED) is 0.616. The smallest absolute Gasteiger partial charge is 0.135 e. The lowest BCUT2D eigenvalue weighted by atomic mass is 10.3. The van der Waals surface area contributed by atoms with Gasteiger partial charge in [0.15, 0.2) is 0 Å². The van der Waals surface area contributed by atoms with Crippen LogP contribution in [0.25, 0.3) is 0 Å². The molecule has 0 amide bonds. The van der Waals surface area contributed by atoms with Gasteiger partial charge < -0.3 is 10.5 Å². The van der Waals surface area contributed by atoms with Crippen LogP contribution in [0.1, 0.15) is 22.5 Å². The molecule has 6 heteroatoms. The standard InChI is InChI=1S/C11H18N4OS/c1-2-8-10(11(12)13)17-9(14-8)7-15-3-5-16-6-4-15/h2-7H2,1H3,(H3,12,13). The summed E-state index contributed by atoms with van der Waals surface area (Å²) in [7, 11) is 0. The highest BCUT2D eigenvalue weighted by molar-refractivity contribution is 7.13. The molecule has 1 aromatic heterocycles. The van der Waals surface area contributed by atoms with Crippen molar-refractivity contribution >= 4 is 17.2 Å². The highest BCUT2D eigenvalue weighted by Gasteiger charge is 2.16. The number of rotatable bonds is 4. The van der Waals surface area contributed by atoms with Crippen molar-refractivity contribution in [2.75, 3.05) is 26.3 Å². The van der Waals surface area contributed by atoms with Crippen LogP contribution in [0.4, 0.5) is 0 Å². The molecular weight excluding hydrogens is 236 g/mol. The number of hydrogen-bond acceptors (Lipinski definition) is 5. The summed E-state index contributed by atoms with van der Waals surface area (Å²) in [6, 6.07) is 0. The summed E-state index contributed by atoms with van der Waals surface area (Å²) >= 11 is 1.54. The summed E-state index contributed by atoms with van der Waals surface area (Å²) in [5.74, 6) is 0.132. The lowest BCUT2D eigenvalue weighted by Crippen LogP contribution is -2.35. The molecule has 0 aromatic carbocycles. The predicted octanol–water partition coefficient (Wildman–Crippen LogP) is 0.822. The van der Waals surface area contributed by atoms with Crippen molar-refractivity contribution in [3.05, 3.63) is 15.6 Å². The summed E-state index contributed by atoms with van der Waals surface area (Å²) in [4.78, 5) is 7.71. The second-order valence-corrected chi connectivity index (χ2v) is 5.12. The Bertz CT molecular complexity index is 398. The molecular formula is C11H18N4OS. The number of morpholine rings is 1. The van der Waals surface area contributed by atoms with E-state index in [0.717, 1.165) is 54.8 Å². The molecule has 1 aliphatic rings. The Morgan fingerprint density at radius 3 is 2.76 bits per heavy atom. The van der Waals surface area contributed by atoms with E-state index in [-0.39, 0.29) is 5.84 Å². The Balaban J connectivity index is 2.07. The number of aryl methyl sites for hydroxylation is 1. The topological polar surface area (TPSA) is 75.2 Å². The second-order valence-electron chi connectivity index (χ2n) is 4.04. The number of amidine groups is 1. The summed E-state index contributed by atoms with van der Waals surface area (Å²) in [5.41, 5.74) is 6.51. The molecule has 94 valence electrons. The molecule has 1 aliphatic heterocycles. The molecule has 0 atom stereocenters. The lowest BCUT2D eigenvalue weighted by Gasteiger charge is -2.25. The van der Waals surface area contributed by atoms with Crippen LogP contribution >= 0.6 is 11.3 Å². The first-order chi connectivity index (χ1) is 8.20. The van der Waals surface area contributed by atoms with Crippen molar-refractivity contribution in [3.8, 4) is 0 Å².